The highest BCUT2D eigenvalue weighted by molar-refractivity contribution is 6.17. The van der Waals surface area contributed by atoms with Crippen molar-refractivity contribution in [2.24, 2.45) is 15.2 Å². The molecule has 0 aliphatic carbocycles. The second-order valence-electron chi connectivity index (χ2n) is 3.44. The van der Waals surface area contributed by atoms with Gasteiger partial charge in [-0.3, -0.25) is 4.79 Å². The Kier molecular flexibility index (Phi) is 1.86. The van der Waals surface area contributed by atoms with Crippen molar-refractivity contribution in [2.45, 2.75) is 0 Å². The molecule has 0 radical (unpaired) electrons. The molecule has 2 aliphatic heterocycles. The minimum absolute atomic E-state index is 0.285. The van der Waals surface area contributed by atoms with Gasteiger partial charge in [0.1, 0.15) is 5.70 Å². The van der Waals surface area contributed by atoms with Gasteiger partial charge in [-0.2, -0.15) is 4.99 Å². The molecule has 76 valence electrons. The summed E-state index contributed by atoms with van der Waals surface area (Å²) in [4.78, 5) is 14.8. The van der Waals surface area contributed by atoms with Gasteiger partial charge < -0.3 is 0 Å². The Morgan fingerprint density at radius 3 is 2.56 bits per heavy atom. The summed E-state index contributed by atoms with van der Waals surface area (Å²) in [6.45, 7) is 0. The molecule has 0 unspecified atom stereocenters. The van der Waals surface area contributed by atoms with Gasteiger partial charge in [0.15, 0.2) is 5.84 Å². The predicted molar refractivity (Wildman–Crippen MR) is 59.8 cm³/mol. The van der Waals surface area contributed by atoms with Crippen LogP contribution in [-0.4, -0.2) is 11.7 Å². The Bertz CT molecular complexity index is 580. The molecule has 1 aromatic carbocycles. The fourth-order valence-corrected chi connectivity index (χ4v) is 1.65. The molecule has 0 saturated heterocycles. The number of carbonyl (C=O) groups is 1. The molecule has 3 rings (SSSR count). The second kappa shape index (κ2) is 3.34. The monoisotopic (exact) mass is 209 g/mol. The molecular formula is C12H7N3O. The summed E-state index contributed by atoms with van der Waals surface area (Å²) < 4.78 is 0. The van der Waals surface area contributed by atoms with E-state index in [1.54, 1.807) is 6.08 Å². The number of nitrogens with zero attached hydrogens (tertiary/aromatic N) is 3. The van der Waals surface area contributed by atoms with E-state index in [1.807, 2.05) is 30.3 Å². The number of dihydropyridines is 1. The van der Waals surface area contributed by atoms with Crippen LogP contribution in [0, 0.1) is 0 Å². The number of benzene rings is 1. The Morgan fingerprint density at radius 2 is 1.75 bits per heavy atom. The Morgan fingerprint density at radius 1 is 0.938 bits per heavy atom. The smallest absolute Gasteiger partial charge is 0.267 e. The maximum Gasteiger partial charge on any atom is 0.271 e. The highest BCUT2D eigenvalue weighted by Crippen LogP contribution is 2.29. The summed E-state index contributed by atoms with van der Waals surface area (Å²) in [5.41, 5.74) is 2.55. The molecule has 0 N–H and O–H groups in total. The Balaban J connectivity index is 2.14. The molecule has 4 nitrogen and oxygen atoms in total. The van der Waals surface area contributed by atoms with E-state index in [2.05, 4.69) is 15.2 Å². The van der Waals surface area contributed by atoms with Crippen molar-refractivity contribution < 1.29 is 4.79 Å². The van der Waals surface area contributed by atoms with Gasteiger partial charge >= 0.3 is 0 Å². The van der Waals surface area contributed by atoms with Crippen molar-refractivity contribution in [1.82, 2.24) is 0 Å². The largest absolute Gasteiger partial charge is 0.271 e. The van der Waals surface area contributed by atoms with Gasteiger partial charge in [0.25, 0.3) is 5.91 Å². The van der Waals surface area contributed by atoms with E-state index in [0.29, 0.717) is 5.84 Å². The number of rotatable bonds is 1. The first kappa shape index (κ1) is 8.91. The number of fused-ring (bicyclic) bond motifs is 1. The highest BCUT2D eigenvalue weighted by Gasteiger charge is 2.22. The van der Waals surface area contributed by atoms with E-state index in [1.165, 1.54) is 6.08 Å². The van der Waals surface area contributed by atoms with Crippen LogP contribution < -0.4 is 0 Å². The lowest BCUT2D eigenvalue weighted by molar-refractivity contribution is -0.113. The minimum atomic E-state index is -0.285. The van der Waals surface area contributed by atoms with Crippen LogP contribution in [0.25, 0.3) is 5.70 Å². The molecule has 2 aliphatic rings. The van der Waals surface area contributed by atoms with Crippen LogP contribution >= 0.6 is 0 Å². The van der Waals surface area contributed by atoms with Gasteiger partial charge in [-0.05, 0) is 6.08 Å². The molecule has 2 heterocycles. The van der Waals surface area contributed by atoms with E-state index in [9.17, 15) is 4.79 Å². The summed E-state index contributed by atoms with van der Waals surface area (Å²) >= 11 is 0. The second-order valence-corrected chi connectivity index (χ2v) is 3.44. The average molecular weight is 209 g/mol. The average Bonchev–Trinajstić information content (AvgIpc) is 2.73. The SMILES string of the molecule is O=C1C=CC2=C(c3ccccc3)N=NC2=N1. The zero-order chi connectivity index (χ0) is 11.0. The van der Waals surface area contributed by atoms with Crippen LogP contribution in [0.3, 0.4) is 0 Å². The normalized spacial score (nSPS) is 17.8. The first-order valence-electron chi connectivity index (χ1n) is 4.87. The van der Waals surface area contributed by atoms with Gasteiger partial charge in [0.05, 0.1) is 0 Å². The van der Waals surface area contributed by atoms with E-state index in [4.69, 9.17) is 0 Å². The lowest BCUT2D eigenvalue weighted by Gasteiger charge is -2.02. The third kappa shape index (κ3) is 1.32. The van der Waals surface area contributed by atoms with Crippen molar-refractivity contribution in [3.63, 3.8) is 0 Å². The van der Waals surface area contributed by atoms with E-state index in [0.717, 1.165) is 16.8 Å². The molecule has 0 atom stereocenters. The first-order valence-corrected chi connectivity index (χ1v) is 4.87. The van der Waals surface area contributed by atoms with Crippen molar-refractivity contribution >= 4 is 17.4 Å². The molecular weight excluding hydrogens is 202 g/mol. The molecule has 16 heavy (non-hydrogen) atoms. The summed E-state index contributed by atoms with van der Waals surface area (Å²) in [6.07, 6.45) is 3.14. The lowest BCUT2D eigenvalue weighted by atomic mass is 10.1. The number of carbonyl (C=O) groups excluding carboxylic acids is 1. The molecule has 1 amide bonds. The summed E-state index contributed by atoms with van der Waals surface area (Å²) in [6, 6.07) is 9.72. The lowest BCUT2D eigenvalue weighted by Crippen LogP contribution is -2.04. The predicted octanol–water partition coefficient (Wildman–Crippen LogP) is 2.36. The molecule has 1 aromatic rings. The van der Waals surface area contributed by atoms with Crippen LogP contribution in [0.4, 0.5) is 0 Å². The van der Waals surface area contributed by atoms with Crippen LogP contribution in [0.2, 0.25) is 0 Å². The van der Waals surface area contributed by atoms with E-state index >= 15 is 0 Å². The van der Waals surface area contributed by atoms with E-state index in [-0.39, 0.29) is 5.91 Å². The van der Waals surface area contributed by atoms with Crippen molar-refractivity contribution in [2.75, 3.05) is 0 Å². The first-order chi connectivity index (χ1) is 7.84. The van der Waals surface area contributed by atoms with Gasteiger partial charge in [-0.15, -0.1) is 10.2 Å². The number of amides is 1. The maximum atomic E-state index is 11.1. The Hall–Kier alpha value is -2.36. The fraction of sp³-hybridized carbons (Fsp3) is 0. The highest BCUT2D eigenvalue weighted by atomic mass is 16.1. The van der Waals surface area contributed by atoms with Crippen molar-refractivity contribution in [1.29, 1.82) is 0 Å². The van der Waals surface area contributed by atoms with Crippen LogP contribution in [0.15, 0.2) is 63.3 Å². The molecule has 0 aromatic heterocycles. The molecule has 0 saturated carbocycles. The summed E-state index contributed by atoms with van der Waals surface area (Å²) in [5, 5.41) is 7.95. The third-order valence-electron chi connectivity index (χ3n) is 2.40. The van der Waals surface area contributed by atoms with Crippen molar-refractivity contribution in [3.8, 4) is 0 Å². The minimum Gasteiger partial charge on any atom is -0.267 e. The zero-order valence-electron chi connectivity index (χ0n) is 8.29. The van der Waals surface area contributed by atoms with Crippen LogP contribution in [0.5, 0.6) is 0 Å². The standard InChI is InChI=1S/C12H7N3O/c16-10-7-6-9-11(14-15-12(9)13-10)8-4-2-1-3-5-8/h1-7H. The number of amidine groups is 1. The fourth-order valence-electron chi connectivity index (χ4n) is 1.65. The van der Waals surface area contributed by atoms with Crippen molar-refractivity contribution in [3.05, 3.63) is 53.6 Å². The molecule has 0 bridgehead atoms. The van der Waals surface area contributed by atoms with Gasteiger partial charge in [-0.25, -0.2) is 0 Å². The molecule has 0 fully saturated rings. The van der Waals surface area contributed by atoms with E-state index < -0.39 is 0 Å². The third-order valence-corrected chi connectivity index (χ3v) is 2.40. The number of aliphatic imine (C=N–C) groups is 1. The zero-order valence-corrected chi connectivity index (χ0v) is 8.29. The van der Waals surface area contributed by atoms with Gasteiger partial charge in [0, 0.05) is 17.2 Å². The number of hydrogen-bond acceptors (Lipinski definition) is 3. The van der Waals surface area contributed by atoms with Crippen LogP contribution in [-0.2, 0) is 4.79 Å². The number of hydrogen-bond donors (Lipinski definition) is 0. The maximum absolute atomic E-state index is 11.1. The van der Waals surface area contributed by atoms with Crippen LogP contribution in [0.1, 0.15) is 5.56 Å². The quantitative estimate of drug-likeness (QED) is 0.700. The summed E-state index contributed by atoms with van der Waals surface area (Å²) in [5.74, 6) is 0.123. The topological polar surface area (TPSA) is 54.1 Å². The number of azo groups is 1. The summed E-state index contributed by atoms with van der Waals surface area (Å²) in [7, 11) is 0. The molecule has 0 spiro atoms. The Labute approximate surface area is 91.7 Å². The molecule has 4 heteroatoms. The van der Waals surface area contributed by atoms with Gasteiger partial charge in [-0.1, -0.05) is 30.3 Å². The van der Waals surface area contributed by atoms with Gasteiger partial charge in [0.2, 0.25) is 0 Å².